The molecular weight excluding hydrogens is 362 g/mol. The lowest BCUT2D eigenvalue weighted by atomic mass is 10.1. The Balaban J connectivity index is 0.00000364. The number of nitrogens with one attached hydrogen (secondary N) is 1. The van der Waals surface area contributed by atoms with Crippen LogP contribution >= 0.6 is 12.4 Å². The van der Waals surface area contributed by atoms with Gasteiger partial charge in [-0.15, -0.1) is 12.4 Å². The minimum Gasteiger partial charge on any atom is -0.478 e. The van der Waals surface area contributed by atoms with E-state index in [1.165, 1.54) is 51.4 Å². The highest BCUT2D eigenvalue weighted by molar-refractivity contribution is 5.88. The normalized spacial score (nSPS) is 10.4. The molecule has 150 valence electrons. The molecule has 0 unspecified atom stereocenters. The maximum Gasteiger partial charge on any atom is 0.335 e. The first-order valence-corrected chi connectivity index (χ1v) is 9.79. The van der Waals surface area contributed by atoms with Crippen molar-refractivity contribution in [1.29, 1.82) is 0 Å². The van der Waals surface area contributed by atoms with Gasteiger partial charge in [0.15, 0.2) is 0 Å². The summed E-state index contributed by atoms with van der Waals surface area (Å²) >= 11 is 0. The van der Waals surface area contributed by atoms with Crippen molar-refractivity contribution >= 4 is 24.1 Å². The summed E-state index contributed by atoms with van der Waals surface area (Å²) in [6.07, 6.45) is 17.4. The van der Waals surface area contributed by atoms with Gasteiger partial charge in [0, 0.05) is 31.2 Å². The molecular formula is C21H32ClN3O2. The van der Waals surface area contributed by atoms with Gasteiger partial charge >= 0.3 is 5.97 Å². The monoisotopic (exact) mass is 393 g/mol. The van der Waals surface area contributed by atoms with E-state index in [1.807, 2.05) is 30.9 Å². The summed E-state index contributed by atoms with van der Waals surface area (Å²) in [6.45, 7) is 2.03. The second-order valence-corrected chi connectivity index (χ2v) is 6.79. The summed E-state index contributed by atoms with van der Waals surface area (Å²) in [5.41, 5.74) is 1.32. The van der Waals surface area contributed by atoms with Crippen LogP contribution in [0.2, 0.25) is 0 Å². The van der Waals surface area contributed by atoms with E-state index in [4.69, 9.17) is 5.11 Å². The van der Waals surface area contributed by atoms with Gasteiger partial charge in [-0.3, -0.25) is 0 Å². The van der Waals surface area contributed by atoms with E-state index in [2.05, 4.69) is 14.9 Å². The molecule has 1 aromatic heterocycles. The molecule has 0 aliphatic heterocycles. The van der Waals surface area contributed by atoms with Gasteiger partial charge in [-0.1, -0.05) is 44.9 Å². The average molecular weight is 394 g/mol. The molecule has 1 heterocycles. The van der Waals surface area contributed by atoms with Crippen molar-refractivity contribution in [3.05, 3.63) is 48.5 Å². The molecule has 2 aromatic rings. The number of halogens is 1. The topological polar surface area (TPSA) is 67.2 Å². The number of carboxylic acids is 1. The first-order chi connectivity index (χ1) is 12.8. The molecule has 0 aliphatic carbocycles. The molecule has 0 fully saturated rings. The average Bonchev–Trinajstić information content (AvgIpc) is 3.16. The molecule has 6 heteroatoms. The zero-order valence-electron chi connectivity index (χ0n) is 16.0. The highest BCUT2D eigenvalue weighted by atomic mass is 35.5. The SMILES string of the molecule is Cl.O=C(O)c1ccc(NCCCCCCCCCCCn2ccnc2)cc1. The van der Waals surface area contributed by atoms with Gasteiger partial charge in [-0.05, 0) is 37.1 Å². The Hall–Kier alpha value is -2.01. The number of rotatable bonds is 14. The van der Waals surface area contributed by atoms with Crippen LogP contribution in [0.3, 0.4) is 0 Å². The Morgan fingerprint density at radius 2 is 1.52 bits per heavy atom. The summed E-state index contributed by atoms with van der Waals surface area (Å²) in [5, 5.41) is 12.2. The fourth-order valence-electron chi connectivity index (χ4n) is 3.04. The largest absolute Gasteiger partial charge is 0.478 e. The van der Waals surface area contributed by atoms with Crippen LogP contribution < -0.4 is 5.32 Å². The molecule has 27 heavy (non-hydrogen) atoms. The van der Waals surface area contributed by atoms with E-state index in [1.54, 1.807) is 12.1 Å². The van der Waals surface area contributed by atoms with Gasteiger partial charge in [0.1, 0.15) is 0 Å². The maximum absolute atomic E-state index is 10.8. The van der Waals surface area contributed by atoms with Crippen LogP contribution in [0.15, 0.2) is 43.0 Å². The summed E-state index contributed by atoms with van der Waals surface area (Å²) in [5.74, 6) is -0.880. The number of hydrogen-bond acceptors (Lipinski definition) is 3. The Labute approximate surface area is 168 Å². The summed E-state index contributed by atoms with van der Waals surface area (Å²) < 4.78 is 2.15. The first-order valence-electron chi connectivity index (χ1n) is 9.79. The van der Waals surface area contributed by atoms with E-state index in [0.717, 1.165) is 25.2 Å². The van der Waals surface area contributed by atoms with Gasteiger partial charge in [0.05, 0.1) is 11.9 Å². The van der Waals surface area contributed by atoms with Crippen molar-refractivity contribution in [3.63, 3.8) is 0 Å². The van der Waals surface area contributed by atoms with Crippen molar-refractivity contribution in [2.75, 3.05) is 11.9 Å². The Kier molecular flexibility index (Phi) is 12.0. The molecule has 2 rings (SSSR count). The van der Waals surface area contributed by atoms with Gasteiger partial charge in [0.2, 0.25) is 0 Å². The van der Waals surface area contributed by atoms with E-state index < -0.39 is 5.97 Å². The summed E-state index contributed by atoms with van der Waals surface area (Å²) in [6, 6.07) is 6.94. The Morgan fingerprint density at radius 3 is 2.07 bits per heavy atom. The minimum absolute atomic E-state index is 0. The zero-order valence-corrected chi connectivity index (χ0v) is 16.8. The van der Waals surface area contributed by atoms with Crippen molar-refractivity contribution in [1.82, 2.24) is 9.55 Å². The smallest absolute Gasteiger partial charge is 0.335 e. The fraction of sp³-hybridized carbons (Fsp3) is 0.524. The molecule has 1 aromatic carbocycles. The van der Waals surface area contributed by atoms with Crippen LogP contribution in [-0.2, 0) is 6.54 Å². The van der Waals surface area contributed by atoms with E-state index >= 15 is 0 Å². The van der Waals surface area contributed by atoms with Gasteiger partial charge in [-0.2, -0.15) is 0 Å². The van der Waals surface area contributed by atoms with Crippen LogP contribution in [-0.4, -0.2) is 27.2 Å². The number of benzene rings is 1. The number of anilines is 1. The third-order valence-electron chi connectivity index (χ3n) is 4.61. The molecule has 0 spiro atoms. The number of hydrogen-bond donors (Lipinski definition) is 2. The van der Waals surface area contributed by atoms with Crippen molar-refractivity contribution in [2.24, 2.45) is 0 Å². The molecule has 0 radical (unpaired) electrons. The number of nitrogens with zero attached hydrogens (tertiary/aromatic N) is 2. The summed E-state index contributed by atoms with van der Waals surface area (Å²) in [4.78, 5) is 14.9. The van der Waals surface area contributed by atoms with E-state index in [0.29, 0.717) is 5.56 Å². The Bertz CT molecular complexity index is 615. The molecule has 0 aliphatic rings. The number of imidazole rings is 1. The molecule has 5 nitrogen and oxygen atoms in total. The molecule has 0 saturated carbocycles. The maximum atomic E-state index is 10.8. The first kappa shape index (κ1) is 23.0. The number of aryl methyl sites for hydroxylation is 1. The van der Waals surface area contributed by atoms with Crippen LogP contribution in [0.5, 0.6) is 0 Å². The second kappa shape index (κ2) is 14.1. The molecule has 0 saturated heterocycles. The van der Waals surface area contributed by atoms with Crippen LogP contribution in [0, 0.1) is 0 Å². The van der Waals surface area contributed by atoms with Gasteiger partial charge < -0.3 is 15.0 Å². The third kappa shape index (κ3) is 10.0. The number of unbranched alkanes of at least 4 members (excludes halogenated alkanes) is 8. The number of carbonyl (C=O) groups is 1. The standard InChI is InChI=1S/C21H31N3O2.ClH/c25-21(26)19-10-12-20(13-11-19)23-14-8-6-4-2-1-3-5-7-9-16-24-17-15-22-18-24;/h10-13,15,17-18,23H,1-9,14,16H2,(H,25,26);1H. The molecule has 2 N–H and O–H groups in total. The number of carboxylic acid groups (broad SMARTS) is 1. The fourth-order valence-corrected chi connectivity index (χ4v) is 3.04. The second-order valence-electron chi connectivity index (χ2n) is 6.79. The molecule has 0 amide bonds. The van der Waals surface area contributed by atoms with Crippen LogP contribution in [0.1, 0.15) is 68.1 Å². The molecule has 0 bridgehead atoms. The molecule has 0 atom stereocenters. The predicted octanol–water partition coefficient (Wildman–Crippen LogP) is 5.63. The van der Waals surface area contributed by atoms with Crippen molar-refractivity contribution in [3.8, 4) is 0 Å². The van der Waals surface area contributed by atoms with E-state index in [9.17, 15) is 4.79 Å². The van der Waals surface area contributed by atoms with Crippen molar-refractivity contribution in [2.45, 2.75) is 64.3 Å². The number of aromatic nitrogens is 2. The van der Waals surface area contributed by atoms with Gasteiger partial charge in [0.25, 0.3) is 0 Å². The van der Waals surface area contributed by atoms with Gasteiger partial charge in [-0.25, -0.2) is 9.78 Å². The lowest BCUT2D eigenvalue weighted by molar-refractivity contribution is 0.0697. The summed E-state index contributed by atoms with van der Waals surface area (Å²) in [7, 11) is 0. The van der Waals surface area contributed by atoms with E-state index in [-0.39, 0.29) is 12.4 Å². The quantitative estimate of drug-likeness (QED) is 0.408. The highest BCUT2D eigenvalue weighted by Crippen LogP contribution is 2.12. The minimum atomic E-state index is -0.880. The number of aromatic carboxylic acids is 1. The predicted molar refractivity (Wildman–Crippen MR) is 113 cm³/mol. The highest BCUT2D eigenvalue weighted by Gasteiger charge is 2.01. The van der Waals surface area contributed by atoms with Crippen LogP contribution in [0.4, 0.5) is 5.69 Å². The Morgan fingerprint density at radius 1 is 0.926 bits per heavy atom. The van der Waals surface area contributed by atoms with Crippen LogP contribution in [0.25, 0.3) is 0 Å². The van der Waals surface area contributed by atoms with Crippen molar-refractivity contribution < 1.29 is 9.90 Å². The zero-order chi connectivity index (χ0) is 18.5. The lowest BCUT2D eigenvalue weighted by Gasteiger charge is -2.07. The third-order valence-corrected chi connectivity index (χ3v) is 4.61. The lowest BCUT2D eigenvalue weighted by Crippen LogP contribution is -2.02.